The predicted molar refractivity (Wildman–Crippen MR) is 108 cm³/mol. The van der Waals surface area contributed by atoms with Gasteiger partial charge in [-0.3, -0.25) is 9.59 Å². The monoisotopic (exact) mass is 399 g/mol. The van der Waals surface area contributed by atoms with Gasteiger partial charge < -0.3 is 14.2 Å². The highest BCUT2D eigenvalue weighted by atomic mass is 16.5. The number of rotatable bonds is 8. The smallest absolute Gasteiger partial charge is 0.323 e. The third-order valence-corrected chi connectivity index (χ3v) is 5.00. The van der Waals surface area contributed by atoms with Crippen molar-refractivity contribution in [3.8, 4) is 5.88 Å². The number of aryl methyl sites for hydroxylation is 1. The summed E-state index contributed by atoms with van der Waals surface area (Å²) < 4.78 is 33.8. The Morgan fingerprint density at radius 1 is 1.21 bits per heavy atom. The summed E-state index contributed by atoms with van der Waals surface area (Å²) in [6.07, 6.45) is -1.99. The number of aromatic nitrogens is 1. The summed E-state index contributed by atoms with van der Waals surface area (Å²) in [6, 6.07) is 12.6. The molecule has 1 heterocycles. The van der Waals surface area contributed by atoms with E-state index >= 15 is 0 Å². The first-order valence-corrected chi connectivity index (χ1v) is 9.56. The first-order valence-electron chi connectivity index (χ1n) is 10.6. The lowest BCUT2D eigenvalue weighted by molar-refractivity contribution is -0.153. The minimum absolute atomic E-state index is 0.0145. The van der Waals surface area contributed by atoms with Crippen LogP contribution < -0.4 is 4.74 Å². The van der Waals surface area contributed by atoms with E-state index in [2.05, 4.69) is 4.98 Å². The Balaban J connectivity index is 1.97. The Morgan fingerprint density at radius 3 is 2.66 bits per heavy atom. The third kappa shape index (κ3) is 4.32. The Morgan fingerprint density at radius 2 is 1.97 bits per heavy atom. The van der Waals surface area contributed by atoms with Gasteiger partial charge in [-0.05, 0) is 29.8 Å². The maximum Gasteiger partial charge on any atom is 0.323 e. The molecule has 6 heteroatoms. The first-order chi connectivity index (χ1) is 14.8. The summed E-state index contributed by atoms with van der Waals surface area (Å²) in [7, 11) is 2.64. The van der Waals surface area contributed by atoms with Crippen molar-refractivity contribution in [2.24, 2.45) is 5.92 Å². The van der Waals surface area contributed by atoms with Gasteiger partial charge in [0.25, 0.3) is 0 Å². The zero-order valence-electron chi connectivity index (χ0n) is 18.9. The van der Waals surface area contributed by atoms with E-state index in [9.17, 15) is 9.59 Å². The number of ketones is 1. The van der Waals surface area contributed by atoms with Crippen molar-refractivity contribution in [1.82, 2.24) is 4.98 Å². The molecular weight excluding hydrogens is 370 g/mol. The van der Waals surface area contributed by atoms with Crippen molar-refractivity contribution in [1.29, 1.82) is 0 Å². The maximum absolute atomic E-state index is 13.2. The quantitative estimate of drug-likeness (QED) is 0.501. The number of hydrogen-bond donors (Lipinski definition) is 0. The molecule has 2 unspecified atom stereocenters. The summed E-state index contributed by atoms with van der Waals surface area (Å²) in [5.74, 6) is -1.89. The van der Waals surface area contributed by atoms with E-state index in [0.717, 1.165) is 12.7 Å². The van der Waals surface area contributed by atoms with Gasteiger partial charge in [0.15, 0.2) is 11.2 Å². The summed E-state index contributed by atoms with van der Waals surface area (Å²) in [5.41, 5.74) is -0.473. The molecule has 0 saturated carbocycles. The average molecular weight is 399 g/mol. The van der Waals surface area contributed by atoms with Gasteiger partial charge >= 0.3 is 5.97 Å². The van der Waals surface area contributed by atoms with Crippen LogP contribution in [-0.4, -0.2) is 37.6 Å². The van der Waals surface area contributed by atoms with Crippen molar-refractivity contribution in [3.05, 3.63) is 59.3 Å². The van der Waals surface area contributed by atoms with Crippen LogP contribution in [-0.2, 0) is 37.5 Å². The molecule has 154 valence electrons. The van der Waals surface area contributed by atoms with Crippen LogP contribution in [0.15, 0.2) is 42.5 Å². The van der Waals surface area contributed by atoms with Crippen LogP contribution in [0.25, 0.3) is 0 Å². The van der Waals surface area contributed by atoms with Crippen LogP contribution in [0.5, 0.6) is 5.88 Å². The lowest BCUT2D eigenvalue weighted by atomic mass is 9.66. The van der Waals surface area contributed by atoms with E-state index in [0.29, 0.717) is 24.6 Å². The largest absolute Gasteiger partial charge is 0.481 e. The van der Waals surface area contributed by atoms with Crippen molar-refractivity contribution < 1.29 is 26.5 Å². The maximum atomic E-state index is 13.2. The van der Waals surface area contributed by atoms with Gasteiger partial charge in [0.2, 0.25) is 5.88 Å². The fourth-order valence-electron chi connectivity index (χ4n) is 3.63. The number of pyridine rings is 1. The van der Waals surface area contributed by atoms with Crippen molar-refractivity contribution in [2.75, 3.05) is 20.8 Å². The molecule has 0 radical (unpaired) electrons. The minimum Gasteiger partial charge on any atom is -0.481 e. The van der Waals surface area contributed by atoms with Crippen molar-refractivity contribution >= 4 is 11.8 Å². The number of benzene rings is 1. The van der Waals surface area contributed by atoms with Gasteiger partial charge in [-0.1, -0.05) is 43.3 Å². The van der Waals surface area contributed by atoms with Crippen LogP contribution in [0.3, 0.4) is 0 Å². The Bertz CT molecular complexity index is 950. The van der Waals surface area contributed by atoms with E-state index in [1.165, 1.54) is 13.2 Å². The number of ether oxygens (including phenoxy) is 3. The second-order valence-electron chi connectivity index (χ2n) is 7.06. The highest BCUT2D eigenvalue weighted by Crippen LogP contribution is 2.41. The highest BCUT2D eigenvalue weighted by molar-refractivity contribution is 6.10. The van der Waals surface area contributed by atoms with Crippen molar-refractivity contribution in [2.45, 2.75) is 38.2 Å². The van der Waals surface area contributed by atoms with Crippen LogP contribution in [0.1, 0.15) is 39.3 Å². The fraction of sp³-hybridized carbons (Fsp3) is 0.435. The van der Waals surface area contributed by atoms with E-state index in [1.54, 1.807) is 13.0 Å². The molecule has 0 N–H and O–H groups in total. The van der Waals surface area contributed by atoms with Crippen LogP contribution >= 0.6 is 0 Å². The molecule has 0 saturated heterocycles. The molecule has 0 bridgehead atoms. The lowest BCUT2D eigenvalue weighted by Crippen LogP contribution is -2.49. The number of hydrogen-bond acceptors (Lipinski definition) is 6. The molecular formula is C23H27NO5. The van der Waals surface area contributed by atoms with E-state index in [1.807, 2.05) is 30.3 Å². The van der Waals surface area contributed by atoms with Gasteiger partial charge in [0, 0.05) is 27.5 Å². The summed E-state index contributed by atoms with van der Waals surface area (Å²) in [5, 5.41) is 0. The van der Waals surface area contributed by atoms with Crippen LogP contribution in [0.4, 0.5) is 0 Å². The Kier molecular flexibility index (Phi) is 5.79. The van der Waals surface area contributed by atoms with Gasteiger partial charge in [-0.15, -0.1) is 0 Å². The van der Waals surface area contributed by atoms with Crippen molar-refractivity contribution in [3.63, 3.8) is 0 Å². The molecule has 1 aromatic carbocycles. The predicted octanol–water partition coefficient (Wildman–Crippen LogP) is 3.26. The van der Waals surface area contributed by atoms with Crippen LogP contribution in [0, 0.1) is 5.92 Å². The van der Waals surface area contributed by atoms with Gasteiger partial charge in [0.05, 0.1) is 20.8 Å². The van der Waals surface area contributed by atoms with Gasteiger partial charge in [-0.25, -0.2) is 4.98 Å². The Labute approximate surface area is 174 Å². The molecule has 0 spiro atoms. The second-order valence-corrected chi connectivity index (χ2v) is 7.06. The number of nitrogens with zero attached hydrogens (tertiary/aromatic N) is 1. The van der Waals surface area contributed by atoms with E-state index in [4.69, 9.17) is 17.0 Å². The summed E-state index contributed by atoms with van der Waals surface area (Å²) >= 11 is 0. The van der Waals surface area contributed by atoms with Crippen LogP contribution in [0.2, 0.25) is 0 Å². The van der Waals surface area contributed by atoms with E-state index in [-0.39, 0.29) is 18.6 Å². The standard InChI is InChI=1S/C23H27NO5/c1-16(14-29-15-17-7-5-4-6-8-17)13-23(22(26)28-3)18-9-12-21(27-2)24-19(18)10-11-20(23)25/h4-9,12,16H,10-11,13-15H2,1-3H3/i13D2. The summed E-state index contributed by atoms with van der Waals surface area (Å²) in [4.78, 5) is 30.7. The topological polar surface area (TPSA) is 74.7 Å². The number of esters is 1. The second kappa shape index (κ2) is 9.18. The molecule has 29 heavy (non-hydrogen) atoms. The molecule has 2 aromatic rings. The fourth-order valence-corrected chi connectivity index (χ4v) is 3.63. The number of methoxy groups -OCH3 is 2. The Hall–Kier alpha value is -2.73. The molecule has 6 nitrogen and oxygen atoms in total. The number of Topliss-reactive ketones (excluding diaryl/α,β-unsaturated/α-hetero) is 1. The molecule has 0 fully saturated rings. The zero-order valence-corrected chi connectivity index (χ0v) is 16.9. The van der Waals surface area contributed by atoms with Gasteiger partial charge in [-0.2, -0.15) is 0 Å². The highest BCUT2D eigenvalue weighted by Gasteiger charge is 2.52. The number of fused-ring (bicyclic) bond motifs is 1. The SMILES string of the molecule is [2H]C([2H])(C(C)COCc1ccccc1)C1(C(=O)OC)C(=O)CCc2nc(OC)ccc21. The minimum atomic E-state index is -2.28. The normalized spacial score (nSPS) is 20.9. The molecule has 1 aliphatic rings. The lowest BCUT2D eigenvalue weighted by Gasteiger charge is -2.36. The van der Waals surface area contributed by atoms with E-state index < -0.39 is 29.5 Å². The molecule has 3 rings (SSSR count). The number of carbonyl (C=O) groups is 2. The third-order valence-electron chi connectivity index (χ3n) is 5.00. The molecule has 1 aliphatic carbocycles. The summed E-state index contributed by atoms with van der Waals surface area (Å²) in [6.45, 7) is 1.96. The number of carbonyl (C=O) groups excluding carboxylic acids is 2. The molecule has 2 atom stereocenters. The van der Waals surface area contributed by atoms with Gasteiger partial charge in [0.1, 0.15) is 0 Å². The first kappa shape index (κ1) is 18.3. The molecule has 1 aromatic heterocycles. The molecule has 0 aliphatic heterocycles. The molecule has 0 amide bonds. The average Bonchev–Trinajstić information content (AvgIpc) is 2.78. The zero-order chi connectivity index (χ0) is 22.6.